The molecule has 0 bridgehead atoms. The van der Waals surface area contributed by atoms with E-state index in [4.69, 9.17) is 0 Å². The SMILES string of the molecule is CCc1ncc([N+](=O)[O-])cc1N1CCN=N1. The minimum absolute atomic E-state index is 0.0192. The molecule has 2 heterocycles. The third-order valence-corrected chi connectivity index (χ3v) is 2.34. The normalized spacial score (nSPS) is 14.4. The van der Waals surface area contributed by atoms with E-state index in [1.54, 1.807) is 5.01 Å². The highest BCUT2D eigenvalue weighted by atomic mass is 16.6. The number of hydrogen-bond donors (Lipinski definition) is 0. The van der Waals surface area contributed by atoms with Crippen LogP contribution in [0.15, 0.2) is 22.6 Å². The van der Waals surface area contributed by atoms with E-state index in [9.17, 15) is 10.1 Å². The van der Waals surface area contributed by atoms with Crippen LogP contribution in [0.25, 0.3) is 0 Å². The van der Waals surface area contributed by atoms with Crippen molar-refractivity contribution in [3.63, 3.8) is 0 Å². The summed E-state index contributed by atoms with van der Waals surface area (Å²) < 4.78 is 0. The number of nitrogens with zero attached hydrogens (tertiary/aromatic N) is 5. The largest absolute Gasteiger partial charge is 0.289 e. The molecule has 0 amide bonds. The summed E-state index contributed by atoms with van der Waals surface area (Å²) in [5.74, 6) is 0. The summed E-state index contributed by atoms with van der Waals surface area (Å²) in [6.07, 6.45) is 1.98. The number of hydrogen-bond acceptors (Lipinski definition) is 6. The van der Waals surface area contributed by atoms with Crippen molar-refractivity contribution in [3.05, 3.63) is 28.1 Å². The standard InChI is InChI=1S/C9H11N5O2/c1-2-8-9(13-4-3-11-12-13)5-7(6-10-8)14(15)16/h5-6H,2-4H2,1H3. The minimum Gasteiger partial charge on any atom is -0.258 e. The molecule has 84 valence electrons. The van der Waals surface area contributed by atoms with Gasteiger partial charge in [0.15, 0.2) is 0 Å². The zero-order valence-electron chi connectivity index (χ0n) is 8.83. The second-order valence-corrected chi connectivity index (χ2v) is 3.35. The molecular weight excluding hydrogens is 210 g/mol. The lowest BCUT2D eigenvalue weighted by molar-refractivity contribution is -0.385. The maximum atomic E-state index is 10.7. The van der Waals surface area contributed by atoms with Gasteiger partial charge in [-0.25, -0.2) is 5.01 Å². The second-order valence-electron chi connectivity index (χ2n) is 3.35. The summed E-state index contributed by atoms with van der Waals surface area (Å²) in [4.78, 5) is 14.3. The third-order valence-electron chi connectivity index (χ3n) is 2.34. The van der Waals surface area contributed by atoms with E-state index in [2.05, 4.69) is 15.3 Å². The Morgan fingerprint density at radius 2 is 2.44 bits per heavy atom. The molecule has 0 saturated carbocycles. The zero-order valence-corrected chi connectivity index (χ0v) is 8.83. The van der Waals surface area contributed by atoms with Crippen molar-refractivity contribution < 1.29 is 4.92 Å². The molecule has 16 heavy (non-hydrogen) atoms. The first kappa shape index (κ1) is 10.5. The molecule has 7 heteroatoms. The second kappa shape index (κ2) is 4.21. The Labute approximate surface area is 91.9 Å². The predicted octanol–water partition coefficient (Wildman–Crippen LogP) is 1.74. The van der Waals surface area contributed by atoms with Gasteiger partial charge in [0.2, 0.25) is 0 Å². The van der Waals surface area contributed by atoms with Gasteiger partial charge in [0.05, 0.1) is 29.4 Å². The van der Waals surface area contributed by atoms with E-state index >= 15 is 0 Å². The highest BCUT2D eigenvalue weighted by molar-refractivity contribution is 5.55. The van der Waals surface area contributed by atoms with E-state index in [1.807, 2.05) is 6.92 Å². The molecule has 0 atom stereocenters. The molecule has 1 aromatic heterocycles. The molecule has 0 N–H and O–H groups in total. The van der Waals surface area contributed by atoms with Gasteiger partial charge < -0.3 is 0 Å². The summed E-state index contributed by atoms with van der Waals surface area (Å²) in [6.45, 7) is 3.21. The number of anilines is 1. The number of pyridine rings is 1. The first-order valence-electron chi connectivity index (χ1n) is 5.00. The van der Waals surface area contributed by atoms with Crippen LogP contribution in [0.4, 0.5) is 11.4 Å². The molecule has 0 aliphatic carbocycles. The summed E-state index contributed by atoms with van der Waals surface area (Å²) in [5.41, 5.74) is 1.46. The summed E-state index contributed by atoms with van der Waals surface area (Å²) in [7, 11) is 0. The van der Waals surface area contributed by atoms with Crippen LogP contribution in [0.3, 0.4) is 0 Å². The molecule has 0 saturated heterocycles. The van der Waals surface area contributed by atoms with Gasteiger partial charge in [0.1, 0.15) is 6.20 Å². The smallest absolute Gasteiger partial charge is 0.258 e. The van der Waals surface area contributed by atoms with Crippen LogP contribution in [0, 0.1) is 10.1 Å². The molecule has 0 fully saturated rings. The van der Waals surface area contributed by atoms with Gasteiger partial charge >= 0.3 is 0 Å². The molecule has 2 rings (SSSR count). The van der Waals surface area contributed by atoms with E-state index in [0.29, 0.717) is 25.2 Å². The highest BCUT2D eigenvalue weighted by Crippen LogP contribution is 2.26. The van der Waals surface area contributed by atoms with E-state index in [0.717, 1.165) is 5.69 Å². The third kappa shape index (κ3) is 1.83. The van der Waals surface area contributed by atoms with Crippen LogP contribution < -0.4 is 5.01 Å². The first-order valence-corrected chi connectivity index (χ1v) is 5.00. The molecule has 0 unspecified atom stereocenters. The van der Waals surface area contributed by atoms with Gasteiger partial charge in [-0.1, -0.05) is 12.1 Å². The molecule has 1 aliphatic heterocycles. The van der Waals surface area contributed by atoms with E-state index < -0.39 is 4.92 Å². The monoisotopic (exact) mass is 221 g/mol. The topological polar surface area (TPSA) is 84.0 Å². The van der Waals surface area contributed by atoms with E-state index in [1.165, 1.54) is 12.3 Å². The average molecular weight is 221 g/mol. The van der Waals surface area contributed by atoms with Gasteiger partial charge in [-0.15, -0.1) is 0 Å². The Morgan fingerprint density at radius 1 is 1.62 bits per heavy atom. The number of nitro groups is 1. The fourth-order valence-electron chi connectivity index (χ4n) is 1.54. The zero-order chi connectivity index (χ0) is 11.5. The van der Waals surface area contributed by atoms with Gasteiger partial charge in [-0.05, 0) is 6.42 Å². The van der Waals surface area contributed by atoms with Crippen molar-refractivity contribution in [1.29, 1.82) is 0 Å². The lowest BCUT2D eigenvalue weighted by Gasteiger charge is -2.14. The summed E-state index contributed by atoms with van der Waals surface area (Å²) >= 11 is 0. The van der Waals surface area contributed by atoms with Crippen molar-refractivity contribution in [2.45, 2.75) is 13.3 Å². The van der Waals surface area contributed by atoms with Crippen molar-refractivity contribution in [2.24, 2.45) is 10.3 Å². The molecular formula is C9H11N5O2. The predicted molar refractivity (Wildman–Crippen MR) is 57.3 cm³/mol. The van der Waals surface area contributed by atoms with Gasteiger partial charge in [-0.2, -0.15) is 5.11 Å². The highest BCUT2D eigenvalue weighted by Gasteiger charge is 2.18. The fraction of sp³-hybridized carbons (Fsp3) is 0.444. The van der Waals surface area contributed by atoms with Gasteiger partial charge in [-0.3, -0.25) is 15.1 Å². The van der Waals surface area contributed by atoms with Crippen LogP contribution in [0.2, 0.25) is 0 Å². The van der Waals surface area contributed by atoms with Crippen molar-refractivity contribution >= 4 is 11.4 Å². The van der Waals surface area contributed by atoms with Crippen LogP contribution in [-0.4, -0.2) is 23.0 Å². The fourth-order valence-corrected chi connectivity index (χ4v) is 1.54. The van der Waals surface area contributed by atoms with Gasteiger partial charge in [0.25, 0.3) is 5.69 Å². The van der Waals surface area contributed by atoms with Gasteiger partial charge in [0, 0.05) is 6.07 Å². The quantitative estimate of drug-likeness (QED) is 0.574. The van der Waals surface area contributed by atoms with E-state index in [-0.39, 0.29) is 5.69 Å². The Balaban J connectivity index is 2.42. The first-order chi connectivity index (χ1) is 7.72. The Morgan fingerprint density at radius 3 is 3.00 bits per heavy atom. The Kier molecular flexibility index (Phi) is 2.76. The van der Waals surface area contributed by atoms with Crippen LogP contribution in [0.5, 0.6) is 0 Å². The Bertz CT molecular complexity index is 446. The summed E-state index contributed by atoms with van der Waals surface area (Å²) in [5, 5.41) is 20.1. The number of aromatic nitrogens is 1. The number of aryl methyl sites for hydroxylation is 1. The maximum absolute atomic E-state index is 10.7. The summed E-state index contributed by atoms with van der Waals surface area (Å²) in [6, 6.07) is 1.50. The lowest BCUT2D eigenvalue weighted by Crippen LogP contribution is -2.16. The minimum atomic E-state index is -0.455. The molecule has 1 aromatic rings. The van der Waals surface area contributed by atoms with Crippen LogP contribution in [0.1, 0.15) is 12.6 Å². The van der Waals surface area contributed by atoms with Crippen molar-refractivity contribution in [3.8, 4) is 0 Å². The van der Waals surface area contributed by atoms with Crippen LogP contribution >= 0.6 is 0 Å². The van der Waals surface area contributed by atoms with Crippen LogP contribution in [-0.2, 0) is 6.42 Å². The van der Waals surface area contributed by atoms with Crippen molar-refractivity contribution in [1.82, 2.24) is 4.98 Å². The molecule has 1 aliphatic rings. The average Bonchev–Trinajstić information content (AvgIpc) is 2.81. The maximum Gasteiger partial charge on any atom is 0.289 e. The number of rotatable bonds is 3. The van der Waals surface area contributed by atoms with Crippen molar-refractivity contribution in [2.75, 3.05) is 18.1 Å². The molecule has 7 nitrogen and oxygen atoms in total. The lowest BCUT2D eigenvalue weighted by atomic mass is 10.2. The molecule has 0 spiro atoms. The Hall–Kier alpha value is -2.05. The molecule has 0 aromatic carbocycles. The molecule has 0 radical (unpaired) electrons.